The largest absolute Gasteiger partial charge is 0.427 e. The summed E-state index contributed by atoms with van der Waals surface area (Å²) in [5, 5.41) is 0. The van der Waals surface area contributed by atoms with Gasteiger partial charge in [-0.3, -0.25) is 9.59 Å². The first kappa shape index (κ1) is 19.6. The molecule has 6 nitrogen and oxygen atoms in total. The van der Waals surface area contributed by atoms with Crippen LogP contribution in [0.15, 0.2) is 56.3 Å². The second-order valence-corrected chi connectivity index (χ2v) is 8.48. The summed E-state index contributed by atoms with van der Waals surface area (Å²) in [5.74, 6) is -0.922. The molecule has 0 aromatic heterocycles. The van der Waals surface area contributed by atoms with Gasteiger partial charge >= 0.3 is 5.97 Å². The predicted octanol–water partition coefficient (Wildman–Crippen LogP) is 3.88. The summed E-state index contributed by atoms with van der Waals surface area (Å²) in [4.78, 5) is 23.0. The Bertz CT molecular complexity index is 926. The monoisotopic (exact) mass is 489 g/mol. The Hall–Kier alpha value is -1.71. The Morgan fingerprint density at radius 3 is 2.12 bits per heavy atom. The van der Waals surface area contributed by atoms with Gasteiger partial charge in [0, 0.05) is 22.8 Å². The molecule has 0 saturated heterocycles. The molecule has 0 aliphatic rings. The Kier molecular flexibility index (Phi) is 6.02. The molecule has 0 aliphatic carbocycles. The number of sulfonamides is 1. The van der Waals surface area contributed by atoms with E-state index in [0.717, 1.165) is 6.92 Å². The van der Waals surface area contributed by atoms with E-state index in [-0.39, 0.29) is 16.3 Å². The molecule has 2 aromatic carbocycles. The van der Waals surface area contributed by atoms with Crippen molar-refractivity contribution in [1.29, 1.82) is 0 Å². The minimum absolute atomic E-state index is 0.0545. The topological polar surface area (TPSA) is 80.8 Å². The molecular formula is C16H13Br2NO5S. The third kappa shape index (κ3) is 4.47. The van der Waals surface area contributed by atoms with E-state index in [0.29, 0.717) is 13.3 Å². The molecule has 0 aliphatic heterocycles. The van der Waals surface area contributed by atoms with Gasteiger partial charge in [-0.05, 0) is 58.4 Å². The fraction of sp³-hybridized carbons (Fsp3) is 0.125. The molecule has 9 heteroatoms. The number of amides is 1. The molecule has 0 fully saturated rings. The molecule has 0 atom stereocenters. The van der Waals surface area contributed by atoms with E-state index in [1.807, 2.05) is 0 Å². The van der Waals surface area contributed by atoms with Crippen molar-refractivity contribution in [2.24, 2.45) is 0 Å². The van der Waals surface area contributed by atoms with Crippen molar-refractivity contribution in [3.8, 4) is 5.75 Å². The van der Waals surface area contributed by atoms with Gasteiger partial charge in [0.05, 0.1) is 5.69 Å². The Morgan fingerprint density at radius 1 is 1.00 bits per heavy atom. The number of halogens is 2. The number of rotatable bonds is 4. The Morgan fingerprint density at radius 2 is 1.60 bits per heavy atom. The SMILES string of the molecule is CC(=O)Oc1ccc(N(C(C)=O)S(=O)(=O)c2cc(Br)ccc2Br)cc1. The number of esters is 1. The van der Waals surface area contributed by atoms with Crippen molar-refractivity contribution >= 4 is 59.4 Å². The first-order valence-electron chi connectivity index (χ1n) is 6.92. The summed E-state index contributed by atoms with van der Waals surface area (Å²) < 4.78 is 32.4. The van der Waals surface area contributed by atoms with E-state index in [1.54, 1.807) is 12.1 Å². The van der Waals surface area contributed by atoms with Crippen molar-refractivity contribution in [3.63, 3.8) is 0 Å². The number of hydrogen-bond acceptors (Lipinski definition) is 5. The van der Waals surface area contributed by atoms with Gasteiger partial charge in [0.25, 0.3) is 10.0 Å². The summed E-state index contributed by atoms with van der Waals surface area (Å²) in [6, 6.07) is 10.3. The van der Waals surface area contributed by atoms with Crippen LogP contribution in [-0.4, -0.2) is 20.3 Å². The van der Waals surface area contributed by atoms with E-state index >= 15 is 0 Å². The fourth-order valence-corrected chi connectivity index (χ4v) is 4.98. The highest BCUT2D eigenvalue weighted by Gasteiger charge is 2.30. The van der Waals surface area contributed by atoms with Crippen molar-refractivity contribution < 1.29 is 22.7 Å². The Labute approximate surface area is 162 Å². The van der Waals surface area contributed by atoms with Gasteiger partial charge in [0.1, 0.15) is 10.6 Å². The fourth-order valence-electron chi connectivity index (χ4n) is 2.08. The second kappa shape index (κ2) is 7.67. The van der Waals surface area contributed by atoms with Crippen molar-refractivity contribution in [2.45, 2.75) is 18.7 Å². The number of benzene rings is 2. The molecule has 1 amide bonds. The molecule has 0 N–H and O–H groups in total. The van der Waals surface area contributed by atoms with E-state index < -0.39 is 21.9 Å². The van der Waals surface area contributed by atoms with Gasteiger partial charge in [-0.2, -0.15) is 0 Å². The maximum Gasteiger partial charge on any atom is 0.308 e. The average Bonchev–Trinajstić information content (AvgIpc) is 2.50. The third-order valence-electron chi connectivity index (χ3n) is 3.03. The highest BCUT2D eigenvalue weighted by atomic mass is 79.9. The van der Waals surface area contributed by atoms with E-state index in [2.05, 4.69) is 31.9 Å². The second-order valence-electron chi connectivity index (χ2n) is 4.95. The lowest BCUT2D eigenvalue weighted by molar-refractivity contribution is -0.131. The number of carbonyl (C=O) groups is 2. The number of carbonyl (C=O) groups excluding carboxylic acids is 2. The van der Waals surface area contributed by atoms with Crippen molar-refractivity contribution in [1.82, 2.24) is 0 Å². The number of hydrogen-bond donors (Lipinski definition) is 0. The molecule has 25 heavy (non-hydrogen) atoms. The van der Waals surface area contributed by atoms with Crippen LogP contribution in [0.5, 0.6) is 5.75 Å². The standard InChI is InChI=1S/C16H13Br2NO5S/c1-10(20)19(13-4-6-14(7-5-13)24-11(2)21)25(22,23)16-9-12(17)3-8-15(16)18/h3-9H,1-2H3. The zero-order chi connectivity index (χ0) is 18.8. The lowest BCUT2D eigenvalue weighted by atomic mass is 10.3. The van der Waals surface area contributed by atoms with E-state index in [4.69, 9.17) is 4.74 Å². The molecular weight excluding hydrogens is 478 g/mol. The minimum Gasteiger partial charge on any atom is -0.427 e. The normalized spacial score (nSPS) is 11.0. The molecule has 0 radical (unpaired) electrons. The summed E-state index contributed by atoms with van der Waals surface area (Å²) in [7, 11) is -4.14. The first-order chi connectivity index (χ1) is 11.6. The summed E-state index contributed by atoms with van der Waals surface area (Å²) in [6.45, 7) is 2.41. The smallest absolute Gasteiger partial charge is 0.308 e. The highest BCUT2D eigenvalue weighted by Crippen LogP contribution is 2.31. The number of ether oxygens (including phenoxy) is 1. The maximum atomic E-state index is 13.0. The molecule has 2 aromatic rings. The van der Waals surface area contributed by atoms with Crippen LogP contribution in [0.3, 0.4) is 0 Å². The lowest BCUT2D eigenvalue weighted by Gasteiger charge is -2.22. The number of anilines is 1. The summed E-state index contributed by atoms with van der Waals surface area (Å²) in [6.07, 6.45) is 0. The van der Waals surface area contributed by atoms with Crippen LogP contribution in [-0.2, 0) is 19.6 Å². The third-order valence-corrected chi connectivity index (χ3v) is 6.32. The molecule has 0 bridgehead atoms. The molecule has 0 spiro atoms. The van der Waals surface area contributed by atoms with E-state index in [1.165, 1.54) is 37.3 Å². The molecule has 0 heterocycles. The zero-order valence-corrected chi connectivity index (χ0v) is 17.2. The van der Waals surface area contributed by atoms with Crippen LogP contribution < -0.4 is 9.04 Å². The number of nitrogens with zero attached hydrogens (tertiary/aromatic N) is 1. The molecule has 0 unspecified atom stereocenters. The van der Waals surface area contributed by atoms with Gasteiger partial charge in [0.2, 0.25) is 5.91 Å². The van der Waals surface area contributed by atoms with Crippen LogP contribution in [0, 0.1) is 0 Å². The first-order valence-corrected chi connectivity index (χ1v) is 9.95. The van der Waals surface area contributed by atoms with Crippen molar-refractivity contribution in [2.75, 3.05) is 4.31 Å². The van der Waals surface area contributed by atoms with Gasteiger partial charge in [-0.15, -0.1) is 0 Å². The van der Waals surface area contributed by atoms with Gasteiger partial charge in [-0.1, -0.05) is 15.9 Å². The van der Waals surface area contributed by atoms with Crippen LogP contribution in [0.1, 0.15) is 13.8 Å². The Balaban J connectivity index is 2.52. The lowest BCUT2D eigenvalue weighted by Crippen LogP contribution is -2.35. The van der Waals surface area contributed by atoms with Crippen LogP contribution in [0.2, 0.25) is 0 Å². The molecule has 0 saturated carbocycles. The highest BCUT2D eigenvalue weighted by molar-refractivity contribution is 9.11. The van der Waals surface area contributed by atoms with Crippen LogP contribution >= 0.6 is 31.9 Å². The van der Waals surface area contributed by atoms with E-state index in [9.17, 15) is 18.0 Å². The summed E-state index contributed by atoms with van der Waals surface area (Å²) in [5.41, 5.74) is 0.135. The maximum absolute atomic E-state index is 13.0. The average molecular weight is 491 g/mol. The van der Waals surface area contributed by atoms with Gasteiger partial charge < -0.3 is 4.74 Å². The van der Waals surface area contributed by atoms with Gasteiger partial charge in [-0.25, -0.2) is 12.7 Å². The van der Waals surface area contributed by atoms with Crippen molar-refractivity contribution in [3.05, 3.63) is 51.4 Å². The van der Waals surface area contributed by atoms with Crippen LogP contribution in [0.25, 0.3) is 0 Å². The quantitative estimate of drug-likeness (QED) is 0.480. The summed E-state index contributed by atoms with van der Waals surface area (Å²) >= 11 is 6.43. The van der Waals surface area contributed by atoms with Crippen LogP contribution in [0.4, 0.5) is 5.69 Å². The van der Waals surface area contributed by atoms with Gasteiger partial charge in [0.15, 0.2) is 0 Å². The molecule has 132 valence electrons. The molecule has 2 rings (SSSR count). The minimum atomic E-state index is -4.14. The zero-order valence-electron chi connectivity index (χ0n) is 13.2. The predicted molar refractivity (Wildman–Crippen MR) is 99.9 cm³/mol.